The summed E-state index contributed by atoms with van der Waals surface area (Å²) in [6.07, 6.45) is 0. The quantitative estimate of drug-likeness (QED) is 0.778. The highest BCUT2D eigenvalue weighted by atomic mass is 16.5. The number of para-hydroxylation sites is 1. The first-order chi connectivity index (χ1) is 12.9. The van der Waals surface area contributed by atoms with Gasteiger partial charge in [-0.2, -0.15) is 0 Å². The third-order valence-electron chi connectivity index (χ3n) is 4.31. The third-order valence-corrected chi connectivity index (χ3v) is 4.31. The van der Waals surface area contributed by atoms with Crippen LogP contribution in [0.15, 0.2) is 54.6 Å². The molecule has 0 saturated carbocycles. The fraction of sp³-hybridized carbons (Fsp3) is 0.364. The number of nitrogens with one attached hydrogen (secondary N) is 1. The highest BCUT2D eigenvalue weighted by molar-refractivity contribution is 5.97. The van der Waals surface area contributed by atoms with Gasteiger partial charge in [-0.15, -0.1) is 0 Å². The van der Waals surface area contributed by atoms with E-state index in [1.807, 2.05) is 69.3 Å². The molecule has 2 rings (SSSR count). The van der Waals surface area contributed by atoms with E-state index in [0.29, 0.717) is 18.7 Å². The van der Waals surface area contributed by atoms with Crippen molar-refractivity contribution in [1.82, 2.24) is 10.2 Å². The average molecular weight is 368 g/mol. The van der Waals surface area contributed by atoms with Gasteiger partial charge in [-0.3, -0.25) is 9.59 Å². The van der Waals surface area contributed by atoms with E-state index in [1.165, 1.54) is 0 Å². The summed E-state index contributed by atoms with van der Waals surface area (Å²) >= 11 is 0. The van der Waals surface area contributed by atoms with Crippen LogP contribution in [0.5, 0.6) is 5.75 Å². The van der Waals surface area contributed by atoms with Crippen LogP contribution in [0.1, 0.15) is 29.8 Å². The molecule has 2 amide bonds. The van der Waals surface area contributed by atoms with Crippen molar-refractivity contribution in [3.63, 3.8) is 0 Å². The molecular weight excluding hydrogens is 340 g/mol. The van der Waals surface area contributed by atoms with Crippen molar-refractivity contribution in [2.24, 2.45) is 5.92 Å². The van der Waals surface area contributed by atoms with Crippen LogP contribution in [0.4, 0.5) is 0 Å². The van der Waals surface area contributed by atoms with Crippen molar-refractivity contribution >= 4 is 11.8 Å². The van der Waals surface area contributed by atoms with Gasteiger partial charge in [0.1, 0.15) is 18.4 Å². The van der Waals surface area contributed by atoms with Crippen LogP contribution in [0.3, 0.4) is 0 Å². The van der Waals surface area contributed by atoms with Gasteiger partial charge >= 0.3 is 0 Å². The third kappa shape index (κ3) is 6.13. The Balaban J connectivity index is 1.93. The van der Waals surface area contributed by atoms with Crippen molar-refractivity contribution in [3.05, 3.63) is 65.7 Å². The molecule has 144 valence electrons. The minimum Gasteiger partial charge on any atom is -0.492 e. The number of carbonyl (C=O) groups is 2. The molecule has 0 fully saturated rings. The Morgan fingerprint density at radius 3 is 2.41 bits per heavy atom. The van der Waals surface area contributed by atoms with Crippen LogP contribution >= 0.6 is 0 Å². The monoisotopic (exact) mass is 368 g/mol. The molecule has 0 aliphatic rings. The second-order valence-corrected chi connectivity index (χ2v) is 6.99. The lowest BCUT2D eigenvalue weighted by Gasteiger charge is -2.27. The standard InChI is InChI=1S/C22H28N2O3/c1-16(2)20(23-21(25)18-10-8-9-17(3)15-18)22(26)24(4)13-14-27-19-11-6-5-7-12-19/h5-12,15-16,20H,13-14H2,1-4H3,(H,23,25). The molecule has 1 unspecified atom stereocenters. The average Bonchev–Trinajstić information content (AvgIpc) is 2.66. The molecule has 0 aromatic heterocycles. The maximum absolute atomic E-state index is 12.8. The Labute approximate surface area is 161 Å². The smallest absolute Gasteiger partial charge is 0.251 e. The van der Waals surface area contributed by atoms with E-state index in [0.717, 1.165) is 11.3 Å². The first-order valence-corrected chi connectivity index (χ1v) is 9.19. The van der Waals surface area contributed by atoms with E-state index in [1.54, 1.807) is 18.0 Å². The number of hydrogen-bond acceptors (Lipinski definition) is 3. The van der Waals surface area contributed by atoms with Crippen LogP contribution in [-0.4, -0.2) is 43.0 Å². The van der Waals surface area contributed by atoms with Crippen molar-refractivity contribution in [2.45, 2.75) is 26.8 Å². The molecule has 27 heavy (non-hydrogen) atoms. The van der Waals surface area contributed by atoms with E-state index in [4.69, 9.17) is 4.74 Å². The van der Waals surface area contributed by atoms with Crippen LogP contribution < -0.4 is 10.1 Å². The van der Waals surface area contributed by atoms with Crippen LogP contribution in [0.2, 0.25) is 0 Å². The summed E-state index contributed by atoms with van der Waals surface area (Å²) in [4.78, 5) is 26.9. The van der Waals surface area contributed by atoms with Gasteiger partial charge in [-0.25, -0.2) is 0 Å². The first kappa shape index (κ1) is 20.5. The molecule has 2 aromatic rings. The second-order valence-electron chi connectivity index (χ2n) is 6.99. The molecule has 0 aliphatic heterocycles. The van der Waals surface area contributed by atoms with Crippen molar-refractivity contribution in [2.75, 3.05) is 20.2 Å². The number of aryl methyl sites for hydroxylation is 1. The van der Waals surface area contributed by atoms with Crippen molar-refractivity contribution in [3.8, 4) is 5.75 Å². The first-order valence-electron chi connectivity index (χ1n) is 9.19. The molecule has 5 nitrogen and oxygen atoms in total. The lowest BCUT2D eigenvalue weighted by Crippen LogP contribution is -2.50. The van der Waals surface area contributed by atoms with Crippen LogP contribution in [0, 0.1) is 12.8 Å². The normalized spacial score (nSPS) is 11.7. The molecule has 0 saturated heterocycles. The Hall–Kier alpha value is -2.82. The number of hydrogen-bond donors (Lipinski definition) is 1. The molecule has 0 bridgehead atoms. The Bertz CT molecular complexity index is 759. The highest BCUT2D eigenvalue weighted by Crippen LogP contribution is 2.10. The molecule has 1 N–H and O–H groups in total. The van der Waals surface area contributed by atoms with Gasteiger partial charge in [-0.05, 0) is 37.1 Å². The number of carbonyl (C=O) groups excluding carboxylic acids is 2. The van der Waals surface area contributed by atoms with Gasteiger partial charge in [0, 0.05) is 12.6 Å². The number of ether oxygens (including phenoxy) is 1. The minimum absolute atomic E-state index is 0.0243. The van der Waals surface area contributed by atoms with E-state index in [-0.39, 0.29) is 17.7 Å². The maximum Gasteiger partial charge on any atom is 0.251 e. The number of benzene rings is 2. The van der Waals surface area contributed by atoms with Gasteiger partial charge in [0.25, 0.3) is 5.91 Å². The van der Waals surface area contributed by atoms with Gasteiger partial charge in [0.2, 0.25) is 5.91 Å². The Kier molecular flexibility index (Phi) is 7.41. The zero-order valence-corrected chi connectivity index (χ0v) is 16.4. The Morgan fingerprint density at radius 2 is 1.78 bits per heavy atom. The zero-order valence-electron chi connectivity index (χ0n) is 16.4. The largest absolute Gasteiger partial charge is 0.492 e. The van der Waals surface area contributed by atoms with E-state index < -0.39 is 6.04 Å². The number of rotatable bonds is 8. The number of likely N-dealkylation sites (N-methyl/N-ethyl adjacent to an activating group) is 1. The second kappa shape index (κ2) is 9.76. The summed E-state index contributed by atoms with van der Waals surface area (Å²) < 4.78 is 5.65. The molecular formula is C22H28N2O3. The SMILES string of the molecule is Cc1cccc(C(=O)NC(C(=O)N(C)CCOc2ccccc2)C(C)C)c1. The Morgan fingerprint density at radius 1 is 1.07 bits per heavy atom. The summed E-state index contributed by atoms with van der Waals surface area (Å²) in [5.41, 5.74) is 1.56. The summed E-state index contributed by atoms with van der Waals surface area (Å²) in [5.74, 6) is 0.387. The number of nitrogens with zero attached hydrogens (tertiary/aromatic N) is 1. The molecule has 5 heteroatoms. The summed E-state index contributed by atoms with van der Waals surface area (Å²) in [6.45, 7) is 6.61. The zero-order chi connectivity index (χ0) is 19.8. The van der Waals surface area contributed by atoms with E-state index >= 15 is 0 Å². The highest BCUT2D eigenvalue weighted by Gasteiger charge is 2.27. The molecule has 0 heterocycles. The lowest BCUT2D eigenvalue weighted by molar-refractivity contribution is -0.133. The van der Waals surface area contributed by atoms with Crippen molar-refractivity contribution in [1.29, 1.82) is 0 Å². The van der Waals surface area contributed by atoms with Crippen LogP contribution in [-0.2, 0) is 4.79 Å². The van der Waals surface area contributed by atoms with Gasteiger partial charge in [0.15, 0.2) is 0 Å². The molecule has 0 radical (unpaired) electrons. The fourth-order valence-corrected chi connectivity index (χ4v) is 2.69. The van der Waals surface area contributed by atoms with Gasteiger partial charge in [-0.1, -0.05) is 49.7 Å². The topological polar surface area (TPSA) is 58.6 Å². The summed E-state index contributed by atoms with van der Waals surface area (Å²) in [7, 11) is 1.73. The van der Waals surface area contributed by atoms with Crippen LogP contribution in [0.25, 0.3) is 0 Å². The van der Waals surface area contributed by atoms with E-state index in [9.17, 15) is 9.59 Å². The predicted octanol–water partition coefficient (Wildman–Crippen LogP) is 3.29. The fourth-order valence-electron chi connectivity index (χ4n) is 2.69. The minimum atomic E-state index is -0.584. The molecule has 0 aliphatic carbocycles. The van der Waals surface area contributed by atoms with Gasteiger partial charge < -0.3 is 15.0 Å². The number of amides is 2. The predicted molar refractivity (Wildman–Crippen MR) is 107 cm³/mol. The van der Waals surface area contributed by atoms with Gasteiger partial charge in [0.05, 0.1) is 6.54 Å². The lowest BCUT2D eigenvalue weighted by atomic mass is 10.0. The van der Waals surface area contributed by atoms with E-state index in [2.05, 4.69) is 5.32 Å². The molecule has 0 spiro atoms. The summed E-state index contributed by atoms with van der Waals surface area (Å²) in [6, 6.07) is 16.2. The molecule has 2 aromatic carbocycles. The maximum atomic E-state index is 12.8. The molecule has 1 atom stereocenters. The van der Waals surface area contributed by atoms with Crippen molar-refractivity contribution < 1.29 is 14.3 Å². The summed E-state index contributed by atoms with van der Waals surface area (Å²) in [5, 5.41) is 2.88.